The summed E-state index contributed by atoms with van der Waals surface area (Å²) in [6, 6.07) is 7.94. The van der Waals surface area contributed by atoms with Crippen LogP contribution in [-0.4, -0.2) is 7.11 Å². The van der Waals surface area contributed by atoms with Gasteiger partial charge in [0.15, 0.2) is 0 Å². The fourth-order valence-electron chi connectivity index (χ4n) is 0.785. The van der Waals surface area contributed by atoms with Gasteiger partial charge in [0.05, 0.1) is 7.11 Å². The number of benzene rings is 1. The molecule has 10 heavy (non-hydrogen) atoms. The Morgan fingerprint density at radius 2 is 1.90 bits per heavy atom. The molecule has 0 aliphatic carbocycles. The Morgan fingerprint density at radius 3 is 2.30 bits per heavy atom. The SMILES string of the molecule is COc1ccccc1C.[H-].[K+]. The van der Waals surface area contributed by atoms with Crippen LogP contribution in [0, 0.1) is 6.92 Å². The fraction of sp³-hybridized carbons (Fsp3) is 0.250. The van der Waals surface area contributed by atoms with Gasteiger partial charge in [0.25, 0.3) is 0 Å². The minimum absolute atomic E-state index is 0. The average molecular weight is 162 g/mol. The Bertz CT molecular complexity index is 203. The molecule has 0 unspecified atom stereocenters. The Hall–Kier alpha value is 0.656. The molecule has 0 amide bonds. The third-order valence-electron chi connectivity index (χ3n) is 1.31. The van der Waals surface area contributed by atoms with Crippen LogP contribution in [0.5, 0.6) is 5.75 Å². The molecule has 0 atom stereocenters. The van der Waals surface area contributed by atoms with Gasteiger partial charge in [-0.3, -0.25) is 0 Å². The van der Waals surface area contributed by atoms with Gasteiger partial charge in [0.1, 0.15) is 5.75 Å². The first-order valence-electron chi connectivity index (χ1n) is 2.94. The van der Waals surface area contributed by atoms with Crippen LogP contribution in [-0.2, 0) is 0 Å². The molecule has 1 aromatic rings. The van der Waals surface area contributed by atoms with Crippen molar-refractivity contribution < 1.29 is 57.5 Å². The van der Waals surface area contributed by atoms with Crippen LogP contribution in [0.15, 0.2) is 24.3 Å². The molecule has 0 bridgehead atoms. The maximum absolute atomic E-state index is 5.04. The Kier molecular flexibility index (Phi) is 5.68. The first kappa shape index (κ1) is 10.7. The Morgan fingerprint density at radius 1 is 1.30 bits per heavy atom. The molecule has 0 fully saturated rings. The molecule has 0 saturated heterocycles. The molecule has 1 aromatic carbocycles. The number of hydrogen-bond acceptors (Lipinski definition) is 1. The van der Waals surface area contributed by atoms with E-state index >= 15 is 0 Å². The van der Waals surface area contributed by atoms with Crippen LogP contribution in [0.25, 0.3) is 0 Å². The van der Waals surface area contributed by atoms with E-state index in [0.29, 0.717) is 0 Å². The van der Waals surface area contributed by atoms with Crippen molar-refractivity contribution >= 4 is 0 Å². The summed E-state index contributed by atoms with van der Waals surface area (Å²) in [5, 5.41) is 0. The minimum atomic E-state index is 0. The summed E-state index contributed by atoms with van der Waals surface area (Å²) in [6.45, 7) is 2.03. The summed E-state index contributed by atoms with van der Waals surface area (Å²) in [5.74, 6) is 0.956. The molecule has 0 heterocycles. The van der Waals surface area contributed by atoms with Gasteiger partial charge in [-0.2, -0.15) is 0 Å². The van der Waals surface area contributed by atoms with Crippen molar-refractivity contribution in [2.75, 3.05) is 7.11 Å². The molecule has 0 radical (unpaired) electrons. The normalized spacial score (nSPS) is 8.20. The quantitative estimate of drug-likeness (QED) is 0.487. The molecule has 1 nitrogen and oxygen atoms in total. The zero-order valence-corrected chi connectivity index (χ0v) is 9.84. The van der Waals surface area contributed by atoms with Crippen molar-refractivity contribution in [2.24, 2.45) is 0 Å². The van der Waals surface area contributed by atoms with Crippen LogP contribution in [0.2, 0.25) is 0 Å². The van der Waals surface area contributed by atoms with Crippen molar-refractivity contribution in [1.82, 2.24) is 0 Å². The van der Waals surface area contributed by atoms with Crippen LogP contribution in [0.1, 0.15) is 6.99 Å². The summed E-state index contributed by atoms with van der Waals surface area (Å²) in [4.78, 5) is 0. The van der Waals surface area contributed by atoms with Gasteiger partial charge in [0, 0.05) is 0 Å². The fourth-order valence-corrected chi connectivity index (χ4v) is 0.785. The maximum atomic E-state index is 5.04. The molecule has 50 valence electrons. The van der Waals surface area contributed by atoms with E-state index in [1.807, 2.05) is 31.2 Å². The largest absolute Gasteiger partial charge is 1.00 e. The van der Waals surface area contributed by atoms with E-state index in [1.165, 1.54) is 5.56 Å². The number of rotatable bonds is 1. The van der Waals surface area contributed by atoms with Crippen LogP contribution in [0.3, 0.4) is 0 Å². The average Bonchev–Trinajstić information content (AvgIpc) is 1.89. The first-order chi connectivity index (χ1) is 4.34. The third-order valence-corrected chi connectivity index (χ3v) is 1.31. The van der Waals surface area contributed by atoms with Crippen molar-refractivity contribution in [2.45, 2.75) is 6.92 Å². The van der Waals surface area contributed by atoms with E-state index in [2.05, 4.69) is 0 Å². The van der Waals surface area contributed by atoms with Gasteiger partial charge < -0.3 is 6.16 Å². The molecule has 0 saturated carbocycles. The van der Waals surface area contributed by atoms with Crippen LogP contribution < -0.4 is 56.1 Å². The molecule has 0 spiro atoms. The van der Waals surface area contributed by atoms with E-state index < -0.39 is 0 Å². The van der Waals surface area contributed by atoms with E-state index in [0.717, 1.165) is 5.75 Å². The number of methoxy groups -OCH3 is 1. The summed E-state index contributed by atoms with van der Waals surface area (Å²) >= 11 is 0. The third kappa shape index (κ3) is 2.72. The molecule has 0 aliphatic rings. The predicted octanol–water partition coefficient (Wildman–Crippen LogP) is -0.880. The monoisotopic (exact) mass is 162 g/mol. The van der Waals surface area contributed by atoms with E-state index in [1.54, 1.807) is 7.11 Å². The van der Waals surface area contributed by atoms with Gasteiger partial charge in [-0.15, -0.1) is 0 Å². The summed E-state index contributed by atoms with van der Waals surface area (Å²) < 4.78 is 5.04. The molecular formula is C8H11KO. The molecule has 0 aliphatic heterocycles. The zero-order chi connectivity index (χ0) is 6.69. The molecule has 2 heteroatoms. The standard InChI is InChI=1S/C8H10O.K.H/c1-7-5-3-4-6-8(7)9-2;;/h3-6H,1-2H3;;/q;+1;-1. The van der Waals surface area contributed by atoms with Crippen molar-refractivity contribution in [3.63, 3.8) is 0 Å². The van der Waals surface area contributed by atoms with Gasteiger partial charge in [-0.05, 0) is 18.6 Å². The Labute approximate surface area is 106 Å². The summed E-state index contributed by atoms with van der Waals surface area (Å²) in [6.07, 6.45) is 0. The second-order valence-electron chi connectivity index (χ2n) is 1.97. The van der Waals surface area contributed by atoms with Crippen molar-refractivity contribution in [3.8, 4) is 5.75 Å². The second-order valence-corrected chi connectivity index (χ2v) is 1.97. The molecule has 1 rings (SSSR count). The van der Waals surface area contributed by atoms with Crippen LogP contribution >= 0.6 is 0 Å². The number of hydrogen-bond donors (Lipinski definition) is 0. The van der Waals surface area contributed by atoms with Gasteiger partial charge >= 0.3 is 51.4 Å². The smallest absolute Gasteiger partial charge is 1.00 e. The van der Waals surface area contributed by atoms with E-state index in [-0.39, 0.29) is 52.8 Å². The van der Waals surface area contributed by atoms with Crippen molar-refractivity contribution in [1.29, 1.82) is 0 Å². The van der Waals surface area contributed by atoms with E-state index in [4.69, 9.17) is 4.74 Å². The van der Waals surface area contributed by atoms with Crippen molar-refractivity contribution in [3.05, 3.63) is 29.8 Å². The second kappa shape index (κ2) is 5.33. The summed E-state index contributed by atoms with van der Waals surface area (Å²) in [5.41, 5.74) is 1.18. The first-order valence-corrected chi connectivity index (χ1v) is 2.94. The van der Waals surface area contributed by atoms with Gasteiger partial charge in [0.2, 0.25) is 0 Å². The summed E-state index contributed by atoms with van der Waals surface area (Å²) in [7, 11) is 1.68. The number of ether oxygens (including phenoxy) is 1. The van der Waals surface area contributed by atoms with Crippen LogP contribution in [0.4, 0.5) is 0 Å². The molecule has 0 N–H and O–H groups in total. The topological polar surface area (TPSA) is 9.23 Å². The number of aryl methyl sites for hydroxylation is 1. The molecule has 0 aromatic heterocycles. The van der Waals surface area contributed by atoms with E-state index in [9.17, 15) is 0 Å². The predicted molar refractivity (Wildman–Crippen MR) is 38.8 cm³/mol. The Balaban J connectivity index is 0. The van der Waals surface area contributed by atoms with Gasteiger partial charge in [-0.25, -0.2) is 0 Å². The number of para-hydroxylation sites is 1. The molecular weight excluding hydrogens is 151 g/mol. The maximum Gasteiger partial charge on any atom is 1.00 e. The van der Waals surface area contributed by atoms with Gasteiger partial charge in [-0.1, -0.05) is 18.2 Å². The minimum Gasteiger partial charge on any atom is -1.00 e. The zero-order valence-electron chi connectivity index (χ0n) is 7.72.